The van der Waals surface area contributed by atoms with Gasteiger partial charge in [-0.15, -0.1) is 0 Å². The average molecular weight is 296 g/mol. The zero-order valence-electron chi connectivity index (χ0n) is 12.9. The first-order chi connectivity index (χ1) is 10.1. The zero-order chi connectivity index (χ0) is 15.2. The van der Waals surface area contributed by atoms with E-state index in [1.54, 1.807) is 0 Å². The van der Waals surface area contributed by atoms with E-state index in [9.17, 15) is 0 Å². The van der Waals surface area contributed by atoms with Gasteiger partial charge in [0, 0.05) is 39.3 Å². The third kappa shape index (κ3) is 4.38. The molecular formula is C12H24N8O. The van der Waals surface area contributed by atoms with E-state index < -0.39 is 0 Å². The molecule has 9 heteroatoms. The van der Waals surface area contributed by atoms with Gasteiger partial charge < -0.3 is 14.5 Å². The second-order valence-corrected chi connectivity index (χ2v) is 5.22. The Hall–Kier alpha value is -1.71. The fourth-order valence-corrected chi connectivity index (χ4v) is 2.16. The fourth-order valence-electron chi connectivity index (χ4n) is 2.16. The van der Waals surface area contributed by atoms with E-state index in [-0.39, 0.29) is 6.01 Å². The van der Waals surface area contributed by atoms with Gasteiger partial charge in [0.2, 0.25) is 11.9 Å². The number of hydrogen-bond donors (Lipinski definition) is 2. The highest BCUT2D eigenvalue weighted by atomic mass is 16.5. The Balaban J connectivity index is 1.95. The molecule has 0 saturated carbocycles. The maximum absolute atomic E-state index is 5.37. The number of hydrazine groups is 1. The molecule has 9 nitrogen and oxygen atoms in total. The van der Waals surface area contributed by atoms with Gasteiger partial charge in [-0.1, -0.05) is 0 Å². The van der Waals surface area contributed by atoms with Gasteiger partial charge in [0.25, 0.3) is 0 Å². The molecule has 2 heterocycles. The molecule has 0 atom stereocenters. The predicted octanol–water partition coefficient (Wildman–Crippen LogP) is -1.15. The minimum absolute atomic E-state index is 0.267. The van der Waals surface area contributed by atoms with Crippen molar-refractivity contribution in [1.82, 2.24) is 24.8 Å². The van der Waals surface area contributed by atoms with Crippen LogP contribution in [0.4, 0.5) is 11.9 Å². The number of nitrogens with zero attached hydrogens (tertiary/aromatic N) is 6. The summed E-state index contributed by atoms with van der Waals surface area (Å²) < 4.78 is 5.07. The molecule has 2 rings (SSSR count). The lowest BCUT2D eigenvalue weighted by Gasteiger charge is -2.35. The van der Waals surface area contributed by atoms with Crippen molar-refractivity contribution in [2.75, 3.05) is 70.8 Å². The van der Waals surface area contributed by atoms with E-state index in [0.29, 0.717) is 11.9 Å². The quantitative estimate of drug-likeness (QED) is 0.498. The lowest BCUT2D eigenvalue weighted by Crippen LogP contribution is -2.48. The number of likely N-dealkylation sites (N-methyl/N-ethyl adjacent to an activating group) is 1. The highest BCUT2D eigenvalue weighted by molar-refractivity contribution is 5.38. The lowest BCUT2D eigenvalue weighted by atomic mass is 10.3. The molecule has 0 aromatic carbocycles. The van der Waals surface area contributed by atoms with Crippen molar-refractivity contribution < 1.29 is 4.74 Å². The second-order valence-electron chi connectivity index (χ2n) is 5.22. The predicted molar refractivity (Wildman–Crippen MR) is 81.4 cm³/mol. The SMILES string of the molecule is COc1nc(NN)nc(N2CCN(CCN(C)C)CC2)n1. The molecular weight excluding hydrogens is 272 g/mol. The molecule has 0 amide bonds. The Kier molecular flexibility index (Phi) is 5.48. The van der Waals surface area contributed by atoms with E-state index in [1.807, 2.05) is 0 Å². The number of nitrogen functional groups attached to an aromatic ring is 1. The van der Waals surface area contributed by atoms with Crippen molar-refractivity contribution >= 4 is 11.9 Å². The first kappa shape index (κ1) is 15.7. The molecule has 21 heavy (non-hydrogen) atoms. The number of nitrogens with one attached hydrogen (secondary N) is 1. The summed E-state index contributed by atoms with van der Waals surface area (Å²) in [7, 11) is 5.71. The molecule has 1 aromatic rings. The van der Waals surface area contributed by atoms with Crippen LogP contribution < -0.4 is 20.9 Å². The molecule has 1 aromatic heterocycles. The second kappa shape index (κ2) is 7.34. The number of anilines is 2. The number of methoxy groups -OCH3 is 1. The largest absolute Gasteiger partial charge is 0.467 e. The van der Waals surface area contributed by atoms with Gasteiger partial charge >= 0.3 is 6.01 Å². The number of aromatic nitrogens is 3. The number of nitrogens with two attached hydrogens (primary N) is 1. The molecule has 1 saturated heterocycles. The summed E-state index contributed by atoms with van der Waals surface area (Å²) in [5.41, 5.74) is 2.44. The van der Waals surface area contributed by atoms with Crippen molar-refractivity contribution in [2.45, 2.75) is 0 Å². The van der Waals surface area contributed by atoms with Crippen LogP contribution in [0.2, 0.25) is 0 Å². The summed E-state index contributed by atoms with van der Waals surface area (Å²) in [5, 5.41) is 0. The average Bonchev–Trinajstić information content (AvgIpc) is 2.52. The third-order valence-corrected chi connectivity index (χ3v) is 3.43. The van der Waals surface area contributed by atoms with Crippen LogP contribution in [-0.2, 0) is 0 Å². The Labute approximate surface area is 125 Å². The van der Waals surface area contributed by atoms with Gasteiger partial charge in [0.05, 0.1) is 7.11 Å². The summed E-state index contributed by atoms with van der Waals surface area (Å²) in [6, 6.07) is 0.267. The van der Waals surface area contributed by atoms with Crippen molar-refractivity contribution in [3.63, 3.8) is 0 Å². The molecule has 0 radical (unpaired) electrons. The Morgan fingerprint density at radius 3 is 2.48 bits per heavy atom. The Bertz CT molecular complexity index is 425. The van der Waals surface area contributed by atoms with Crippen LogP contribution in [-0.4, -0.2) is 85.2 Å². The summed E-state index contributed by atoms with van der Waals surface area (Å²) in [4.78, 5) is 19.3. The minimum Gasteiger partial charge on any atom is -0.467 e. The molecule has 1 fully saturated rings. The van der Waals surface area contributed by atoms with Crippen LogP contribution >= 0.6 is 0 Å². The molecule has 0 spiro atoms. The van der Waals surface area contributed by atoms with Crippen molar-refractivity contribution in [1.29, 1.82) is 0 Å². The van der Waals surface area contributed by atoms with Crippen molar-refractivity contribution in [3.05, 3.63) is 0 Å². The van der Waals surface area contributed by atoms with Crippen molar-refractivity contribution in [3.8, 4) is 6.01 Å². The molecule has 0 bridgehead atoms. The number of hydrogen-bond acceptors (Lipinski definition) is 9. The first-order valence-electron chi connectivity index (χ1n) is 7.01. The normalized spacial score (nSPS) is 16.3. The summed E-state index contributed by atoms with van der Waals surface area (Å²) in [5.74, 6) is 6.28. The number of rotatable bonds is 6. The van der Waals surface area contributed by atoms with E-state index in [0.717, 1.165) is 39.3 Å². The molecule has 0 unspecified atom stereocenters. The monoisotopic (exact) mass is 296 g/mol. The van der Waals surface area contributed by atoms with Crippen LogP contribution in [0.3, 0.4) is 0 Å². The summed E-state index contributed by atoms with van der Waals surface area (Å²) in [6.07, 6.45) is 0. The van der Waals surface area contributed by atoms with Crippen LogP contribution in [0.1, 0.15) is 0 Å². The van der Waals surface area contributed by atoms with Gasteiger partial charge in [0.15, 0.2) is 0 Å². The Morgan fingerprint density at radius 2 is 1.90 bits per heavy atom. The lowest BCUT2D eigenvalue weighted by molar-refractivity contribution is 0.228. The standard InChI is InChI=1S/C12H24N8O/c1-18(2)4-5-19-6-8-20(9-7-19)11-14-10(17-13)15-12(16-11)21-3/h4-9,13H2,1-3H3,(H,14,15,16,17). The summed E-state index contributed by atoms with van der Waals surface area (Å²) >= 11 is 0. The van der Waals surface area contributed by atoms with Gasteiger partial charge in [-0.2, -0.15) is 15.0 Å². The van der Waals surface area contributed by atoms with Crippen LogP contribution in [0.15, 0.2) is 0 Å². The van der Waals surface area contributed by atoms with Gasteiger partial charge in [0.1, 0.15) is 0 Å². The molecule has 1 aliphatic rings. The van der Waals surface area contributed by atoms with Gasteiger partial charge in [-0.05, 0) is 14.1 Å². The molecule has 118 valence electrons. The van der Waals surface area contributed by atoms with Crippen LogP contribution in [0, 0.1) is 0 Å². The number of piperazine rings is 1. The smallest absolute Gasteiger partial charge is 0.322 e. The Morgan fingerprint density at radius 1 is 1.19 bits per heavy atom. The molecule has 0 aliphatic carbocycles. The highest BCUT2D eigenvalue weighted by Crippen LogP contribution is 2.16. The van der Waals surface area contributed by atoms with Crippen LogP contribution in [0.25, 0.3) is 0 Å². The maximum Gasteiger partial charge on any atom is 0.322 e. The fraction of sp³-hybridized carbons (Fsp3) is 0.750. The van der Waals surface area contributed by atoms with E-state index in [1.165, 1.54) is 7.11 Å². The van der Waals surface area contributed by atoms with Gasteiger partial charge in [-0.3, -0.25) is 10.3 Å². The topological polar surface area (TPSA) is 95.7 Å². The third-order valence-electron chi connectivity index (χ3n) is 3.43. The number of ether oxygens (including phenoxy) is 1. The molecule has 3 N–H and O–H groups in total. The van der Waals surface area contributed by atoms with E-state index in [2.05, 4.69) is 49.2 Å². The first-order valence-corrected chi connectivity index (χ1v) is 7.01. The minimum atomic E-state index is 0.267. The van der Waals surface area contributed by atoms with E-state index >= 15 is 0 Å². The van der Waals surface area contributed by atoms with Crippen molar-refractivity contribution in [2.24, 2.45) is 5.84 Å². The van der Waals surface area contributed by atoms with Crippen LogP contribution in [0.5, 0.6) is 6.01 Å². The highest BCUT2D eigenvalue weighted by Gasteiger charge is 2.20. The molecule has 1 aliphatic heterocycles. The van der Waals surface area contributed by atoms with Gasteiger partial charge in [-0.25, -0.2) is 5.84 Å². The van der Waals surface area contributed by atoms with E-state index in [4.69, 9.17) is 10.6 Å². The maximum atomic E-state index is 5.37. The zero-order valence-corrected chi connectivity index (χ0v) is 12.9. The summed E-state index contributed by atoms with van der Waals surface area (Å²) in [6.45, 7) is 5.90.